The number of para-hydroxylation sites is 1. The fourth-order valence-corrected chi connectivity index (χ4v) is 2.13. The molecule has 0 aromatic heterocycles. The highest BCUT2D eigenvalue weighted by molar-refractivity contribution is 6.00. The molecule has 92 valence electrons. The van der Waals surface area contributed by atoms with Gasteiger partial charge in [-0.2, -0.15) is 0 Å². The molecule has 1 aliphatic rings. The lowest BCUT2D eigenvalue weighted by Crippen LogP contribution is -2.24. The van der Waals surface area contributed by atoms with Gasteiger partial charge in [0.2, 0.25) is 0 Å². The normalized spacial score (nSPS) is 16.8. The molecule has 0 spiro atoms. The van der Waals surface area contributed by atoms with Crippen LogP contribution < -0.4 is 4.74 Å². The molecule has 3 nitrogen and oxygen atoms in total. The van der Waals surface area contributed by atoms with E-state index >= 15 is 0 Å². The second kappa shape index (κ2) is 5.82. The topological polar surface area (TPSA) is 35.5 Å². The van der Waals surface area contributed by atoms with Gasteiger partial charge in [0, 0.05) is 19.1 Å². The molecule has 2 rings (SSSR count). The first-order valence-electron chi connectivity index (χ1n) is 6.16. The fraction of sp³-hybridized carbons (Fsp3) is 0.500. The average molecular weight is 234 g/mol. The molecular weight excluding hydrogens is 216 g/mol. The molecular formula is C14H18O3. The van der Waals surface area contributed by atoms with Crippen molar-refractivity contribution in [2.75, 3.05) is 19.8 Å². The molecule has 0 atom stereocenters. The third-order valence-corrected chi connectivity index (χ3v) is 3.04. The molecule has 1 fully saturated rings. The first-order chi connectivity index (χ1) is 8.33. The zero-order valence-corrected chi connectivity index (χ0v) is 10.1. The van der Waals surface area contributed by atoms with Crippen LogP contribution >= 0.6 is 0 Å². The Labute approximate surface area is 102 Å². The Hall–Kier alpha value is -1.35. The number of hydrogen-bond acceptors (Lipinski definition) is 3. The first kappa shape index (κ1) is 12.1. The maximum absolute atomic E-state index is 12.4. The highest BCUT2D eigenvalue weighted by atomic mass is 16.5. The monoisotopic (exact) mass is 234 g/mol. The van der Waals surface area contributed by atoms with E-state index in [1.165, 1.54) is 0 Å². The van der Waals surface area contributed by atoms with Crippen molar-refractivity contribution in [2.24, 2.45) is 5.92 Å². The Balaban J connectivity index is 2.17. The zero-order valence-electron chi connectivity index (χ0n) is 10.1. The molecule has 0 N–H and O–H groups in total. The van der Waals surface area contributed by atoms with E-state index in [-0.39, 0.29) is 11.7 Å². The highest BCUT2D eigenvalue weighted by Gasteiger charge is 2.24. The summed E-state index contributed by atoms with van der Waals surface area (Å²) in [7, 11) is 0. The van der Waals surface area contributed by atoms with Gasteiger partial charge >= 0.3 is 0 Å². The van der Waals surface area contributed by atoms with Gasteiger partial charge in [0.15, 0.2) is 5.78 Å². The Morgan fingerprint density at radius 3 is 2.76 bits per heavy atom. The van der Waals surface area contributed by atoms with E-state index in [9.17, 15) is 4.79 Å². The summed E-state index contributed by atoms with van der Waals surface area (Å²) in [4.78, 5) is 12.4. The van der Waals surface area contributed by atoms with Crippen LogP contribution in [0.15, 0.2) is 24.3 Å². The summed E-state index contributed by atoms with van der Waals surface area (Å²) in [5, 5.41) is 0. The van der Waals surface area contributed by atoms with Crippen LogP contribution in [0.3, 0.4) is 0 Å². The maximum atomic E-state index is 12.4. The summed E-state index contributed by atoms with van der Waals surface area (Å²) < 4.78 is 10.8. The van der Waals surface area contributed by atoms with Crippen molar-refractivity contribution in [2.45, 2.75) is 19.8 Å². The quantitative estimate of drug-likeness (QED) is 0.751. The molecule has 17 heavy (non-hydrogen) atoms. The van der Waals surface area contributed by atoms with Gasteiger partial charge in [-0.3, -0.25) is 4.79 Å². The van der Waals surface area contributed by atoms with Gasteiger partial charge in [0.1, 0.15) is 5.75 Å². The van der Waals surface area contributed by atoms with Gasteiger partial charge in [-0.05, 0) is 31.9 Å². The van der Waals surface area contributed by atoms with Crippen LogP contribution in [-0.2, 0) is 4.74 Å². The molecule has 1 heterocycles. The van der Waals surface area contributed by atoms with E-state index < -0.39 is 0 Å². The van der Waals surface area contributed by atoms with Crippen LogP contribution in [0.4, 0.5) is 0 Å². The van der Waals surface area contributed by atoms with Crippen LogP contribution in [0.2, 0.25) is 0 Å². The van der Waals surface area contributed by atoms with E-state index in [1.807, 2.05) is 31.2 Å². The number of rotatable bonds is 4. The van der Waals surface area contributed by atoms with Crippen molar-refractivity contribution in [1.82, 2.24) is 0 Å². The van der Waals surface area contributed by atoms with Crippen molar-refractivity contribution < 1.29 is 14.3 Å². The molecule has 0 radical (unpaired) electrons. The molecule has 1 aromatic rings. The van der Waals surface area contributed by atoms with Gasteiger partial charge in [0.05, 0.1) is 12.2 Å². The van der Waals surface area contributed by atoms with E-state index in [1.54, 1.807) is 0 Å². The fourth-order valence-electron chi connectivity index (χ4n) is 2.13. The molecule has 0 saturated carbocycles. The second-order valence-electron chi connectivity index (χ2n) is 4.18. The maximum Gasteiger partial charge on any atom is 0.169 e. The molecule has 0 amide bonds. The van der Waals surface area contributed by atoms with Gasteiger partial charge in [-0.25, -0.2) is 0 Å². The summed E-state index contributed by atoms with van der Waals surface area (Å²) in [6.07, 6.45) is 1.64. The molecule has 1 aliphatic heterocycles. The van der Waals surface area contributed by atoms with Crippen LogP contribution in [0.25, 0.3) is 0 Å². The lowest BCUT2D eigenvalue weighted by atomic mass is 9.90. The third-order valence-electron chi connectivity index (χ3n) is 3.04. The zero-order chi connectivity index (χ0) is 12.1. The van der Waals surface area contributed by atoms with Crippen LogP contribution in [0.5, 0.6) is 5.75 Å². The van der Waals surface area contributed by atoms with Crippen LogP contribution in [0, 0.1) is 5.92 Å². The minimum atomic E-state index is 0.0883. The minimum Gasteiger partial charge on any atom is -0.493 e. The van der Waals surface area contributed by atoms with Crippen molar-refractivity contribution in [3.05, 3.63) is 29.8 Å². The Kier molecular flexibility index (Phi) is 4.15. The number of benzene rings is 1. The van der Waals surface area contributed by atoms with Crippen molar-refractivity contribution in [1.29, 1.82) is 0 Å². The van der Waals surface area contributed by atoms with Gasteiger partial charge < -0.3 is 9.47 Å². The number of ketones is 1. The summed E-state index contributed by atoms with van der Waals surface area (Å²) in [5.41, 5.74) is 0.709. The van der Waals surface area contributed by atoms with Gasteiger partial charge in [0.25, 0.3) is 0 Å². The minimum absolute atomic E-state index is 0.0883. The highest BCUT2D eigenvalue weighted by Crippen LogP contribution is 2.26. The lowest BCUT2D eigenvalue weighted by Gasteiger charge is -2.21. The van der Waals surface area contributed by atoms with Crippen LogP contribution in [-0.4, -0.2) is 25.6 Å². The molecule has 1 aromatic carbocycles. The summed E-state index contributed by atoms with van der Waals surface area (Å²) in [6, 6.07) is 7.49. The number of Topliss-reactive ketones (excluding diaryl/α,β-unsaturated/α-hetero) is 1. The third kappa shape index (κ3) is 2.86. The summed E-state index contributed by atoms with van der Waals surface area (Å²) in [6.45, 7) is 3.88. The molecule has 3 heteroatoms. The molecule has 0 unspecified atom stereocenters. The van der Waals surface area contributed by atoms with Gasteiger partial charge in [-0.15, -0.1) is 0 Å². The van der Waals surface area contributed by atoms with Crippen molar-refractivity contribution in [3.8, 4) is 5.75 Å². The summed E-state index contributed by atoms with van der Waals surface area (Å²) in [5.74, 6) is 0.981. The Morgan fingerprint density at radius 1 is 1.35 bits per heavy atom. The lowest BCUT2D eigenvalue weighted by molar-refractivity contribution is 0.0542. The van der Waals surface area contributed by atoms with Crippen molar-refractivity contribution in [3.63, 3.8) is 0 Å². The molecule has 1 saturated heterocycles. The van der Waals surface area contributed by atoms with E-state index in [2.05, 4.69) is 0 Å². The smallest absolute Gasteiger partial charge is 0.169 e. The van der Waals surface area contributed by atoms with E-state index in [4.69, 9.17) is 9.47 Å². The Morgan fingerprint density at radius 2 is 2.06 bits per heavy atom. The SMILES string of the molecule is CCOc1ccccc1C(=O)C1CCOCC1. The van der Waals surface area contributed by atoms with Crippen LogP contribution in [0.1, 0.15) is 30.1 Å². The van der Waals surface area contributed by atoms with E-state index in [0.717, 1.165) is 12.8 Å². The van der Waals surface area contributed by atoms with E-state index in [0.29, 0.717) is 31.1 Å². The second-order valence-corrected chi connectivity index (χ2v) is 4.18. The molecule has 0 bridgehead atoms. The summed E-state index contributed by atoms with van der Waals surface area (Å²) >= 11 is 0. The largest absolute Gasteiger partial charge is 0.493 e. The first-order valence-corrected chi connectivity index (χ1v) is 6.16. The number of carbonyl (C=O) groups is 1. The number of carbonyl (C=O) groups excluding carboxylic acids is 1. The molecule has 0 aliphatic carbocycles. The predicted molar refractivity (Wildman–Crippen MR) is 65.5 cm³/mol. The Bertz CT molecular complexity index is 381. The standard InChI is InChI=1S/C14H18O3/c1-2-17-13-6-4-3-5-12(13)14(15)11-7-9-16-10-8-11/h3-6,11H,2,7-10H2,1H3. The van der Waals surface area contributed by atoms with Gasteiger partial charge in [-0.1, -0.05) is 12.1 Å². The number of ether oxygens (including phenoxy) is 2. The van der Waals surface area contributed by atoms with Crippen molar-refractivity contribution >= 4 is 5.78 Å². The predicted octanol–water partition coefficient (Wildman–Crippen LogP) is 2.69. The number of hydrogen-bond donors (Lipinski definition) is 0. The average Bonchev–Trinajstić information content (AvgIpc) is 2.40.